The van der Waals surface area contributed by atoms with E-state index < -0.39 is 10.0 Å². The number of nitrogens with zero attached hydrogens (tertiary/aromatic N) is 1. The Hall–Kier alpha value is -1.93. The number of carbonyl (C=O) groups excluding carboxylic acids is 2. The molecule has 1 saturated heterocycles. The summed E-state index contributed by atoms with van der Waals surface area (Å²) in [7, 11) is -3.67. The van der Waals surface area contributed by atoms with Gasteiger partial charge in [-0.2, -0.15) is 4.31 Å². The fourth-order valence-electron chi connectivity index (χ4n) is 3.20. The molecule has 1 N–H and O–H groups in total. The molecule has 3 rings (SSSR count). The van der Waals surface area contributed by atoms with E-state index in [9.17, 15) is 18.0 Å². The number of Topliss-reactive ketones (excluding diaryl/α,β-unsaturated/α-hetero) is 1. The van der Waals surface area contributed by atoms with Gasteiger partial charge in [0, 0.05) is 24.6 Å². The molecule has 0 saturated carbocycles. The van der Waals surface area contributed by atoms with Crippen molar-refractivity contribution in [1.29, 1.82) is 0 Å². The summed E-state index contributed by atoms with van der Waals surface area (Å²) in [6, 6.07) is 10.9. The van der Waals surface area contributed by atoms with Crippen LogP contribution in [0.25, 0.3) is 0 Å². The van der Waals surface area contributed by atoms with Crippen LogP contribution in [0.5, 0.6) is 0 Å². The normalized spacial score (nSPS) is 15.8. The molecule has 1 amide bonds. The first-order chi connectivity index (χ1) is 13.7. The number of benzene rings is 2. The number of halogens is 2. The quantitative estimate of drug-likeness (QED) is 0.684. The molecule has 29 heavy (non-hydrogen) atoms. The predicted octanol–water partition coefficient (Wildman–Crippen LogP) is 4.24. The van der Waals surface area contributed by atoms with Crippen LogP contribution in [-0.4, -0.2) is 37.5 Å². The molecule has 1 aliphatic rings. The molecule has 0 aromatic heterocycles. The summed E-state index contributed by atoms with van der Waals surface area (Å²) in [5.74, 6) is -0.658. The summed E-state index contributed by atoms with van der Waals surface area (Å²) < 4.78 is 27.0. The van der Waals surface area contributed by atoms with Crippen molar-refractivity contribution in [2.24, 2.45) is 5.92 Å². The second-order valence-corrected chi connectivity index (χ2v) is 9.57. The first-order valence-electron chi connectivity index (χ1n) is 9.06. The number of rotatable bonds is 5. The molecular formula is C20H20Cl2N2O4S. The molecule has 0 aliphatic carbocycles. The van der Waals surface area contributed by atoms with Crippen molar-refractivity contribution in [2.45, 2.75) is 24.7 Å². The monoisotopic (exact) mass is 454 g/mol. The second-order valence-electron chi connectivity index (χ2n) is 6.85. The Balaban J connectivity index is 1.64. The van der Waals surface area contributed by atoms with Gasteiger partial charge < -0.3 is 5.32 Å². The van der Waals surface area contributed by atoms with E-state index in [-0.39, 0.29) is 40.6 Å². The lowest BCUT2D eigenvalue weighted by molar-refractivity contribution is -0.120. The molecule has 0 unspecified atom stereocenters. The number of nitrogens with one attached hydrogen (secondary N) is 1. The van der Waals surface area contributed by atoms with E-state index in [1.165, 1.54) is 35.5 Å². The number of ketones is 1. The molecule has 0 atom stereocenters. The Bertz CT molecular complexity index is 1030. The summed E-state index contributed by atoms with van der Waals surface area (Å²) in [4.78, 5) is 24.0. The maximum Gasteiger partial charge on any atom is 0.243 e. The van der Waals surface area contributed by atoms with Crippen molar-refractivity contribution in [3.63, 3.8) is 0 Å². The molecular weight excluding hydrogens is 435 g/mol. The van der Waals surface area contributed by atoms with Crippen molar-refractivity contribution >= 4 is 50.6 Å². The van der Waals surface area contributed by atoms with E-state index in [4.69, 9.17) is 23.2 Å². The topological polar surface area (TPSA) is 83.6 Å². The molecule has 1 aliphatic heterocycles. The fourth-order valence-corrected chi connectivity index (χ4v) is 5.02. The highest BCUT2D eigenvalue weighted by Crippen LogP contribution is 2.31. The van der Waals surface area contributed by atoms with Crippen LogP contribution in [0.4, 0.5) is 5.69 Å². The van der Waals surface area contributed by atoms with Gasteiger partial charge in [-0.05, 0) is 44.0 Å². The van der Waals surface area contributed by atoms with Gasteiger partial charge in [-0.1, -0.05) is 41.4 Å². The summed E-state index contributed by atoms with van der Waals surface area (Å²) in [5.41, 5.74) is 0.892. The highest BCUT2D eigenvalue weighted by Gasteiger charge is 2.32. The zero-order valence-electron chi connectivity index (χ0n) is 15.7. The number of hydrogen-bond donors (Lipinski definition) is 1. The average Bonchev–Trinajstić information content (AvgIpc) is 2.71. The van der Waals surface area contributed by atoms with Crippen LogP contribution in [-0.2, 0) is 14.8 Å². The number of amides is 1. The minimum Gasteiger partial charge on any atom is -0.324 e. The molecule has 2 aromatic rings. The Morgan fingerprint density at radius 3 is 2.24 bits per heavy atom. The lowest BCUT2D eigenvalue weighted by Gasteiger charge is -2.30. The maximum atomic E-state index is 12.8. The number of piperidine rings is 1. The van der Waals surface area contributed by atoms with E-state index in [0.717, 1.165) is 0 Å². The predicted molar refractivity (Wildman–Crippen MR) is 113 cm³/mol. The van der Waals surface area contributed by atoms with E-state index >= 15 is 0 Å². The Morgan fingerprint density at radius 2 is 1.66 bits per heavy atom. The van der Waals surface area contributed by atoms with E-state index in [1.807, 2.05) is 0 Å². The molecule has 154 valence electrons. The van der Waals surface area contributed by atoms with Crippen LogP contribution in [0.1, 0.15) is 30.1 Å². The van der Waals surface area contributed by atoms with Crippen molar-refractivity contribution in [1.82, 2.24) is 4.31 Å². The van der Waals surface area contributed by atoms with Gasteiger partial charge in [0.05, 0.1) is 20.6 Å². The molecule has 0 spiro atoms. The van der Waals surface area contributed by atoms with Gasteiger partial charge in [0.25, 0.3) is 0 Å². The first kappa shape index (κ1) is 21.8. The maximum absolute atomic E-state index is 12.8. The van der Waals surface area contributed by atoms with Gasteiger partial charge in [0.2, 0.25) is 15.9 Å². The van der Waals surface area contributed by atoms with Crippen LogP contribution < -0.4 is 5.32 Å². The van der Waals surface area contributed by atoms with E-state index in [2.05, 4.69) is 5.32 Å². The first-order valence-corrected chi connectivity index (χ1v) is 11.3. The standard InChI is InChI=1S/C20H20Cl2N2O4S/c1-13(25)14-5-7-16(8-6-14)29(27,28)24-11-9-15(10-12-24)20(26)23-18-4-2-3-17(21)19(18)22/h2-8,15H,9-12H2,1H3,(H,23,26). The third kappa shape index (κ3) is 4.80. The highest BCUT2D eigenvalue weighted by atomic mass is 35.5. The average molecular weight is 455 g/mol. The van der Waals surface area contributed by atoms with Gasteiger partial charge in [-0.25, -0.2) is 8.42 Å². The van der Waals surface area contributed by atoms with Crippen LogP contribution in [0.2, 0.25) is 10.0 Å². The van der Waals surface area contributed by atoms with Gasteiger partial charge in [-0.15, -0.1) is 0 Å². The Kier molecular flexibility index (Phi) is 6.63. The molecule has 6 nitrogen and oxygen atoms in total. The van der Waals surface area contributed by atoms with Gasteiger partial charge >= 0.3 is 0 Å². The minimum absolute atomic E-state index is 0.124. The third-order valence-corrected chi connectivity index (χ3v) is 7.66. The Labute approximate surface area is 179 Å². The molecule has 9 heteroatoms. The van der Waals surface area contributed by atoms with Crippen molar-refractivity contribution in [3.05, 3.63) is 58.1 Å². The van der Waals surface area contributed by atoms with Crippen LogP contribution in [0.3, 0.4) is 0 Å². The molecule has 2 aromatic carbocycles. The van der Waals surface area contributed by atoms with Gasteiger partial charge in [0.1, 0.15) is 0 Å². The number of anilines is 1. The Morgan fingerprint density at radius 1 is 1.03 bits per heavy atom. The molecule has 1 fully saturated rings. The SMILES string of the molecule is CC(=O)c1ccc(S(=O)(=O)N2CCC(C(=O)Nc3cccc(Cl)c3Cl)CC2)cc1. The summed E-state index contributed by atoms with van der Waals surface area (Å²) in [5, 5.41) is 3.39. The second kappa shape index (κ2) is 8.83. The third-order valence-electron chi connectivity index (χ3n) is 4.93. The summed E-state index contributed by atoms with van der Waals surface area (Å²) in [6.45, 7) is 1.90. The van der Waals surface area contributed by atoms with Crippen molar-refractivity contribution < 1.29 is 18.0 Å². The largest absolute Gasteiger partial charge is 0.324 e. The lowest BCUT2D eigenvalue weighted by Crippen LogP contribution is -2.41. The minimum atomic E-state index is -3.67. The molecule has 0 bridgehead atoms. The number of carbonyl (C=O) groups is 2. The number of sulfonamides is 1. The highest BCUT2D eigenvalue weighted by molar-refractivity contribution is 7.89. The van der Waals surface area contributed by atoms with Gasteiger partial charge in [0.15, 0.2) is 5.78 Å². The van der Waals surface area contributed by atoms with Crippen molar-refractivity contribution in [3.8, 4) is 0 Å². The zero-order valence-corrected chi connectivity index (χ0v) is 18.0. The zero-order chi connectivity index (χ0) is 21.2. The van der Waals surface area contributed by atoms with Crippen LogP contribution >= 0.6 is 23.2 Å². The van der Waals surface area contributed by atoms with Crippen LogP contribution in [0.15, 0.2) is 47.4 Å². The molecule has 0 radical (unpaired) electrons. The summed E-state index contributed by atoms with van der Waals surface area (Å²) in [6.07, 6.45) is 0.795. The molecule has 1 heterocycles. The van der Waals surface area contributed by atoms with E-state index in [0.29, 0.717) is 29.1 Å². The fraction of sp³-hybridized carbons (Fsp3) is 0.300. The summed E-state index contributed by atoms with van der Waals surface area (Å²) >= 11 is 12.1. The van der Waals surface area contributed by atoms with Gasteiger partial charge in [-0.3, -0.25) is 9.59 Å². The lowest BCUT2D eigenvalue weighted by atomic mass is 9.97. The number of hydrogen-bond acceptors (Lipinski definition) is 4. The van der Waals surface area contributed by atoms with Crippen molar-refractivity contribution in [2.75, 3.05) is 18.4 Å². The smallest absolute Gasteiger partial charge is 0.243 e. The van der Waals surface area contributed by atoms with E-state index in [1.54, 1.807) is 18.2 Å². The van der Waals surface area contributed by atoms with Crippen LogP contribution in [0, 0.1) is 5.92 Å².